The number of H-pyrrole nitrogens is 1. The number of allylic oxidation sites excluding steroid dienone is 1. The predicted octanol–water partition coefficient (Wildman–Crippen LogP) is 5.47. The summed E-state index contributed by atoms with van der Waals surface area (Å²) in [5.41, 5.74) is -0.620. The minimum atomic E-state index is -4.82. The zero-order chi connectivity index (χ0) is 23.3. The molecule has 0 radical (unpaired) electrons. The summed E-state index contributed by atoms with van der Waals surface area (Å²) < 4.78 is 38.9. The maximum atomic E-state index is 13.0. The second-order valence-electron chi connectivity index (χ2n) is 6.27. The Hall–Kier alpha value is -3.31. The SMILES string of the molecule is CSc1nc(NC(=O)c2ccc(/C(=C/C(=N)C(F)(F)F)Nc3ccccc3Cl)cc2)n[nH]1. The number of aromatic amines is 1. The molecule has 0 bridgehead atoms. The first-order valence-electron chi connectivity index (χ1n) is 8.94. The van der Waals surface area contributed by atoms with Crippen molar-refractivity contribution in [2.45, 2.75) is 11.3 Å². The van der Waals surface area contributed by atoms with Crippen LogP contribution in [0.2, 0.25) is 5.02 Å². The Morgan fingerprint density at radius 1 is 1.12 bits per heavy atom. The van der Waals surface area contributed by atoms with Crippen molar-refractivity contribution in [3.05, 3.63) is 70.8 Å². The normalized spacial score (nSPS) is 11.8. The van der Waals surface area contributed by atoms with Gasteiger partial charge in [-0.1, -0.05) is 47.6 Å². The summed E-state index contributed by atoms with van der Waals surface area (Å²) in [5.74, 6) is -0.390. The van der Waals surface area contributed by atoms with Crippen LogP contribution in [0, 0.1) is 5.41 Å². The number of rotatable bonds is 7. The maximum Gasteiger partial charge on any atom is 0.432 e. The number of benzene rings is 2. The van der Waals surface area contributed by atoms with Gasteiger partial charge >= 0.3 is 6.18 Å². The highest BCUT2D eigenvalue weighted by molar-refractivity contribution is 7.98. The van der Waals surface area contributed by atoms with Gasteiger partial charge in [0.25, 0.3) is 5.91 Å². The fourth-order valence-corrected chi connectivity index (χ4v) is 2.99. The Morgan fingerprint density at radius 3 is 2.38 bits per heavy atom. The van der Waals surface area contributed by atoms with Crippen LogP contribution in [0.15, 0.2) is 59.8 Å². The minimum Gasteiger partial charge on any atom is -0.354 e. The van der Waals surface area contributed by atoms with Crippen LogP contribution in [0.25, 0.3) is 5.70 Å². The molecule has 1 amide bonds. The molecule has 4 N–H and O–H groups in total. The van der Waals surface area contributed by atoms with Crippen LogP contribution in [-0.2, 0) is 0 Å². The van der Waals surface area contributed by atoms with E-state index >= 15 is 0 Å². The molecule has 0 fully saturated rings. The average molecular weight is 481 g/mol. The van der Waals surface area contributed by atoms with Gasteiger partial charge in [-0.3, -0.25) is 20.6 Å². The number of hydrogen-bond acceptors (Lipinski definition) is 6. The van der Waals surface area contributed by atoms with E-state index in [2.05, 4.69) is 25.8 Å². The van der Waals surface area contributed by atoms with Crippen molar-refractivity contribution in [1.82, 2.24) is 15.2 Å². The van der Waals surface area contributed by atoms with Gasteiger partial charge in [-0.25, -0.2) is 0 Å². The monoisotopic (exact) mass is 480 g/mol. The fourth-order valence-electron chi connectivity index (χ4n) is 2.49. The fraction of sp³-hybridized carbons (Fsp3) is 0.100. The number of nitrogens with zero attached hydrogens (tertiary/aromatic N) is 2. The number of thioether (sulfide) groups is 1. The first kappa shape index (κ1) is 23.4. The Bertz CT molecular complexity index is 1160. The molecule has 0 saturated heterocycles. The summed E-state index contributed by atoms with van der Waals surface area (Å²) >= 11 is 7.43. The van der Waals surface area contributed by atoms with Crippen molar-refractivity contribution in [3.63, 3.8) is 0 Å². The molecule has 32 heavy (non-hydrogen) atoms. The van der Waals surface area contributed by atoms with Crippen LogP contribution >= 0.6 is 23.4 Å². The van der Waals surface area contributed by atoms with Gasteiger partial charge in [0.2, 0.25) is 5.95 Å². The molecular formula is C20H16ClF3N6OS. The number of nitrogens with one attached hydrogen (secondary N) is 4. The first-order chi connectivity index (χ1) is 15.2. The Balaban J connectivity index is 1.86. The summed E-state index contributed by atoms with van der Waals surface area (Å²) in [5, 5.41) is 20.0. The van der Waals surface area contributed by atoms with Crippen LogP contribution in [-0.4, -0.2) is 39.2 Å². The van der Waals surface area contributed by atoms with Gasteiger partial charge in [-0.15, -0.1) is 5.10 Å². The van der Waals surface area contributed by atoms with Crippen molar-refractivity contribution < 1.29 is 18.0 Å². The second-order valence-corrected chi connectivity index (χ2v) is 7.48. The minimum absolute atomic E-state index is 0.00837. The van der Waals surface area contributed by atoms with Crippen LogP contribution in [0.1, 0.15) is 15.9 Å². The largest absolute Gasteiger partial charge is 0.432 e. The van der Waals surface area contributed by atoms with E-state index in [0.717, 1.165) is 0 Å². The van der Waals surface area contributed by atoms with E-state index in [-0.39, 0.29) is 17.2 Å². The van der Waals surface area contributed by atoms with E-state index in [1.807, 2.05) is 0 Å². The highest BCUT2D eigenvalue weighted by atomic mass is 35.5. The molecule has 0 aliphatic carbocycles. The Kier molecular flexibility index (Phi) is 7.21. The lowest BCUT2D eigenvalue weighted by atomic mass is 10.1. The maximum absolute atomic E-state index is 13.0. The van der Waals surface area contributed by atoms with Crippen molar-refractivity contribution >= 4 is 52.3 Å². The summed E-state index contributed by atoms with van der Waals surface area (Å²) in [6, 6.07) is 12.3. The number of anilines is 2. The van der Waals surface area contributed by atoms with Crippen LogP contribution in [0.3, 0.4) is 0 Å². The molecule has 7 nitrogen and oxygen atoms in total. The van der Waals surface area contributed by atoms with Gasteiger partial charge in [0.1, 0.15) is 5.71 Å². The average Bonchev–Trinajstić information content (AvgIpc) is 3.21. The smallest absolute Gasteiger partial charge is 0.354 e. The number of carbonyl (C=O) groups is 1. The lowest BCUT2D eigenvalue weighted by Gasteiger charge is -2.14. The summed E-state index contributed by atoms with van der Waals surface area (Å²) in [7, 11) is 0. The molecule has 0 aliphatic rings. The zero-order valence-corrected chi connectivity index (χ0v) is 18.0. The molecule has 166 valence electrons. The predicted molar refractivity (Wildman–Crippen MR) is 119 cm³/mol. The number of carbonyl (C=O) groups excluding carboxylic acids is 1. The number of aromatic nitrogens is 3. The summed E-state index contributed by atoms with van der Waals surface area (Å²) in [6.07, 6.45) is -2.36. The van der Waals surface area contributed by atoms with Crippen molar-refractivity contribution in [1.29, 1.82) is 5.41 Å². The summed E-state index contributed by atoms with van der Waals surface area (Å²) in [6.45, 7) is 0. The van der Waals surface area contributed by atoms with Gasteiger partial charge in [-0.05, 0) is 42.2 Å². The van der Waals surface area contributed by atoms with Crippen LogP contribution in [0.5, 0.6) is 0 Å². The third kappa shape index (κ3) is 5.89. The molecule has 3 rings (SSSR count). The zero-order valence-electron chi connectivity index (χ0n) is 16.4. The number of para-hydroxylation sites is 1. The van der Waals surface area contributed by atoms with E-state index in [9.17, 15) is 18.0 Å². The van der Waals surface area contributed by atoms with Gasteiger partial charge in [0.05, 0.1) is 10.7 Å². The van der Waals surface area contributed by atoms with Gasteiger partial charge in [0.15, 0.2) is 5.16 Å². The van der Waals surface area contributed by atoms with E-state index in [4.69, 9.17) is 17.0 Å². The molecule has 3 aromatic rings. The van der Waals surface area contributed by atoms with E-state index in [1.165, 1.54) is 36.0 Å². The molecule has 1 aromatic heterocycles. The molecular weight excluding hydrogens is 465 g/mol. The van der Waals surface area contributed by atoms with Crippen molar-refractivity contribution in [2.75, 3.05) is 16.9 Å². The lowest BCUT2D eigenvalue weighted by molar-refractivity contribution is -0.0583. The molecule has 0 atom stereocenters. The molecule has 1 heterocycles. The second kappa shape index (κ2) is 9.88. The van der Waals surface area contributed by atoms with Crippen LogP contribution < -0.4 is 10.6 Å². The lowest BCUT2D eigenvalue weighted by Crippen LogP contribution is -2.20. The van der Waals surface area contributed by atoms with Gasteiger partial charge in [0, 0.05) is 11.3 Å². The summed E-state index contributed by atoms with van der Waals surface area (Å²) in [4.78, 5) is 16.4. The molecule has 2 aromatic carbocycles. The van der Waals surface area contributed by atoms with Crippen LogP contribution in [0.4, 0.5) is 24.8 Å². The van der Waals surface area contributed by atoms with E-state index in [1.54, 1.807) is 30.5 Å². The molecule has 0 aliphatic heterocycles. The van der Waals surface area contributed by atoms with Gasteiger partial charge in [-0.2, -0.15) is 18.2 Å². The number of halogens is 4. The number of amides is 1. The molecule has 0 spiro atoms. The highest BCUT2D eigenvalue weighted by Gasteiger charge is 2.33. The first-order valence-corrected chi connectivity index (χ1v) is 10.5. The molecule has 0 saturated carbocycles. The van der Waals surface area contributed by atoms with Gasteiger partial charge < -0.3 is 5.32 Å². The molecule has 0 unspecified atom stereocenters. The molecule has 12 heteroatoms. The third-order valence-corrected chi connectivity index (χ3v) is 4.98. The number of alkyl halides is 3. The van der Waals surface area contributed by atoms with Crippen molar-refractivity contribution in [3.8, 4) is 0 Å². The third-order valence-electron chi connectivity index (χ3n) is 4.08. The number of hydrogen-bond donors (Lipinski definition) is 4. The topological polar surface area (TPSA) is 107 Å². The standard InChI is InChI=1S/C20H16ClF3N6OS/c1-32-19-28-18(29-30-19)27-17(31)12-8-6-11(7-9-12)15(10-16(25)20(22,23)24)26-14-5-3-2-4-13(14)21/h2-10,25-26H,1H3,(H2,27,28,29,30,31)/b15-10-,25-16?. The highest BCUT2D eigenvalue weighted by Crippen LogP contribution is 2.27. The quantitative estimate of drug-likeness (QED) is 0.265. The Labute approximate surface area is 190 Å². The van der Waals surface area contributed by atoms with Crippen molar-refractivity contribution in [2.24, 2.45) is 0 Å². The van der Waals surface area contributed by atoms with E-state index < -0.39 is 17.8 Å². The van der Waals surface area contributed by atoms with E-state index in [0.29, 0.717) is 27.5 Å². The Morgan fingerprint density at radius 2 is 1.78 bits per heavy atom.